The molecule has 1 aliphatic rings. The zero-order chi connectivity index (χ0) is 15.7. The number of nitrogen functional groups attached to an aromatic ring is 1. The third-order valence-electron chi connectivity index (χ3n) is 3.97. The lowest BCUT2D eigenvalue weighted by molar-refractivity contribution is -0.136. The van der Waals surface area contributed by atoms with Gasteiger partial charge in [0.25, 0.3) is 0 Å². The van der Waals surface area contributed by atoms with Crippen LogP contribution < -0.4 is 5.73 Å². The first-order chi connectivity index (χ1) is 10.6. The molecule has 8 heteroatoms. The Hall–Kier alpha value is -1.67. The number of nitrogens with zero attached hydrogens (tertiary/aromatic N) is 4. The van der Waals surface area contributed by atoms with Crippen molar-refractivity contribution in [1.29, 1.82) is 0 Å². The third-order valence-corrected chi connectivity index (χ3v) is 4.53. The lowest BCUT2D eigenvalue weighted by Gasteiger charge is -2.32. The molecule has 3 rings (SSSR count). The molecule has 0 aromatic carbocycles. The van der Waals surface area contributed by atoms with Crippen LogP contribution in [0.4, 0.5) is 5.82 Å². The van der Waals surface area contributed by atoms with Gasteiger partial charge < -0.3 is 15.4 Å². The second-order valence-corrected chi connectivity index (χ2v) is 6.15. The Bertz CT molecular complexity index is 702. The number of anilines is 1. The summed E-state index contributed by atoms with van der Waals surface area (Å²) in [5.41, 5.74) is 6.71. The summed E-state index contributed by atoms with van der Waals surface area (Å²) >= 11 is 3.45. The summed E-state index contributed by atoms with van der Waals surface area (Å²) in [4.78, 5) is 22.6. The van der Waals surface area contributed by atoms with E-state index in [-0.39, 0.29) is 18.4 Å². The number of piperidine rings is 1. The second kappa shape index (κ2) is 6.21. The molecule has 0 saturated carbocycles. The number of aromatic nitrogens is 3. The lowest BCUT2D eigenvalue weighted by Crippen LogP contribution is -2.41. The van der Waals surface area contributed by atoms with Crippen molar-refractivity contribution in [1.82, 2.24) is 19.3 Å². The van der Waals surface area contributed by atoms with Crippen LogP contribution in [0.1, 0.15) is 24.6 Å². The van der Waals surface area contributed by atoms with Gasteiger partial charge in [0.15, 0.2) is 5.82 Å². The fourth-order valence-corrected chi connectivity index (χ4v) is 3.54. The standard InChI is InChI=1S/C14H18BrN5O2/c1-22-8-10(21)19-5-2-3-9(7-19)14-18-12(15)11-13(16)17-4-6-20(11)14/h4,6,9H,2-3,5,7-8H2,1H3,(H2,16,17). The zero-order valence-corrected chi connectivity index (χ0v) is 13.9. The van der Waals surface area contributed by atoms with Gasteiger partial charge in [0.05, 0.1) is 0 Å². The van der Waals surface area contributed by atoms with Gasteiger partial charge in [-0.1, -0.05) is 0 Å². The fraction of sp³-hybridized carbons (Fsp3) is 0.500. The Labute approximate surface area is 136 Å². The number of hydrogen-bond donors (Lipinski definition) is 1. The summed E-state index contributed by atoms with van der Waals surface area (Å²) in [7, 11) is 1.54. The van der Waals surface area contributed by atoms with Crippen LogP contribution in [0.15, 0.2) is 17.0 Å². The summed E-state index contributed by atoms with van der Waals surface area (Å²) in [5.74, 6) is 1.55. The van der Waals surface area contributed by atoms with E-state index in [1.807, 2.05) is 15.5 Å². The van der Waals surface area contributed by atoms with E-state index in [0.29, 0.717) is 17.0 Å². The number of nitrogens with two attached hydrogens (primary N) is 1. The molecule has 7 nitrogen and oxygen atoms in total. The molecule has 1 unspecified atom stereocenters. The Balaban J connectivity index is 1.91. The van der Waals surface area contributed by atoms with Gasteiger partial charge in [-0.25, -0.2) is 9.97 Å². The quantitative estimate of drug-likeness (QED) is 0.886. The van der Waals surface area contributed by atoms with Crippen molar-refractivity contribution < 1.29 is 9.53 Å². The van der Waals surface area contributed by atoms with Crippen molar-refractivity contribution in [3.8, 4) is 0 Å². The zero-order valence-electron chi connectivity index (χ0n) is 12.3. The maximum atomic E-state index is 12.0. The number of halogens is 1. The van der Waals surface area contributed by atoms with Gasteiger partial charge in [-0.2, -0.15) is 0 Å². The summed E-state index contributed by atoms with van der Waals surface area (Å²) in [6, 6.07) is 0. The first-order valence-electron chi connectivity index (χ1n) is 7.16. The van der Waals surface area contributed by atoms with Crippen LogP contribution in [-0.2, 0) is 9.53 Å². The van der Waals surface area contributed by atoms with E-state index in [9.17, 15) is 4.79 Å². The van der Waals surface area contributed by atoms with E-state index in [2.05, 4.69) is 25.9 Å². The van der Waals surface area contributed by atoms with Gasteiger partial charge in [0.2, 0.25) is 5.91 Å². The van der Waals surface area contributed by atoms with Crippen molar-refractivity contribution in [3.05, 3.63) is 22.8 Å². The van der Waals surface area contributed by atoms with Crippen molar-refractivity contribution in [2.24, 2.45) is 0 Å². The van der Waals surface area contributed by atoms with Crippen LogP contribution in [0.5, 0.6) is 0 Å². The summed E-state index contributed by atoms with van der Waals surface area (Å²) in [6.07, 6.45) is 5.46. The molecule has 1 atom stereocenters. The Morgan fingerprint density at radius 1 is 1.59 bits per heavy atom. The molecule has 0 spiro atoms. The molecule has 1 saturated heterocycles. The van der Waals surface area contributed by atoms with E-state index in [4.69, 9.17) is 10.5 Å². The minimum Gasteiger partial charge on any atom is -0.382 e. The average Bonchev–Trinajstić information content (AvgIpc) is 2.86. The van der Waals surface area contributed by atoms with Gasteiger partial charge in [0, 0.05) is 38.5 Å². The van der Waals surface area contributed by atoms with Crippen molar-refractivity contribution in [3.63, 3.8) is 0 Å². The summed E-state index contributed by atoms with van der Waals surface area (Å²) in [6.45, 7) is 1.54. The minimum atomic E-state index is 0.0216. The van der Waals surface area contributed by atoms with E-state index in [1.54, 1.807) is 6.20 Å². The van der Waals surface area contributed by atoms with Crippen molar-refractivity contribution in [2.75, 3.05) is 32.5 Å². The Morgan fingerprint density at radius 3 is 3.18 bits per heavy atom. The predicted molar refractivity (Wildman–Crippen MR) is 85.5 cm³/mol. The van der Waals surface area contributed by atoms with Gasteiger partial charge in [-0.05, 0) is 28.8 Å². The number of amides is 1. The number of hydrogen-bond acceptors (Lipinski definition) is 5. The average molecular weight is 368 g/mol. The smallest absolute Gasteiger partial charge is 0.248 e. The van der Waals surface area contributed by atoms with Crippen molar-refractivity contribution in [2.45, 2.75) is 18.8 Å². The molecule has 3 heterocycles. The molecule has 2 aromatic rings. The molecule has 1 fully saturated rings. The highest BCUT2D eigenvalue weighted by molar-refractivity contribution is 9.10. The number of fused-ring (bicyclic) bond motifs is 1. The molecule has 118 valence electrons. The molecule has 0 aliphatic carbocycles. The number of methoxy groups -OCH3 is 1. The van der Waals surface area contributed by atoms with Gasteiger partial charge in [-0.15, -0.1) is 0 Å². The van der Waals surface area contributed by atoms with Crippen LogP contribution in [0.2, 0.25) is 0 Å². The van der Waals surface area contributed by atoms with E-state index in [0.717, 1.165) is 30.7 Å². The number of imidazole rings is 1. The van der Waals surface area contributed by atoms with Gasteiger partial charge in [-0.3, -0.25) is 9.20 Å². The summed E-state index contributed by atoms with van der Waals surface area (Å²) < 4.78 is 7.59. The SMILES string of the molecule is COCC(=O)N1CCCC(c2nc(Br)c3c(N)nccn23)C1. The topological polar surface area (TPSA) is 85.8 Å². The van der Waals surface area contributed by atoms with Crippen LogP contribution in [-0.4, -0.2) is 52.0 Å². The van der Waals surface area contributed by atoms with E-state index in [1.165, 1.54) is 7.11 Å². The molecule has 0 radical (unpaired) electrons. The normalized spacial score (nSPS) is 18.8. The largest absolute Gasteiger partial charge is 0.382 e. The van der Waals surface area contributed by atoms with E-state index >= 15 is 0 Å². The molecular formula is C14H18BrN5O2. The molecule has 0 bridgehead atoms. The number of rotatable bonds is 3. The number of likely N-dealkylation sites (tertiary alicyclic amines) is 1. The highest BCUT2D eigenvalue weighted by Crippen LogP contribution is 2.31. The Morgan fingerprint density at radius 2 is 2.41 bits per heavy atom. The maximum absolute atomic E-state index is 12.0. The van der Waals surface area contributed by atoms with Crippen LogP contribution in [0, 0.1) is 0 Å². The fourth-order valence-electron chi connectivity index (χ4n) is 2.96. The molecule has 1 amide bonds. The predicted octanol–water partition coefficient (Wildman–Crippen LogP) is 1.43. The van der Waals surface area contributed by atoms with Crippen molar-refractivity contribution >= 4 is 33.2 Å². The molecule has 22 heavy (non-hydrogen) atoms. The highest BCUT2D eigenvalue weighted by Gasteiger charge is 2.28. The van der Waals surface area contributed by atoms with Crippen LogP contribution >= 0.6 is 15.9 Å². The minimum absolute atomic E-state index is 0.0216. The van der Waals surface area contributed by atoms with Crippen LogP contribution in [0.3, 0.4) is 0 Å². The first-order valence-corrected chi connectivity index (χ1v) is 7.95. The monoisotopic (exact) mass is 367 g/mol. The molecule has 2 N–H and O–H groups in total. The van der Waals surface area contributed by atoms with Gasteiger partial charge in [0.1, 0.15) is 22.6 Å². The van der Waals surface area contributed by atoms with Gasteiger partial charge >= 0.3 is 0 Å². The first kappa shape index (κ1) is 15.2. The summed E-state index contributed by atoms with van der Waals surface area (Å²) in [5, 5.41) is 0. The maximum Gasteiger partial charge on any atom is 0.248 e. The number of ether oxygens (including phenoxy) is 1. The molecule has 2 aromatic heterocycles. The highest BCUT2D eigenvalue weighted by atomic mass is 79.9. The number of carbonyl (C=O) groups is 1. The van der Waals surface area contributed by atoms with Crippen LogP contribution in [0.25, 0.3) is 5.52 Å². The van der Waals surface area contributed by atoms with E-state index < -0.39 is 0 Å². The molecule has 1 aliphatic heterocycles. The number of carbonyl (C=O) groups excluding carboxylic acids is 1. The second-order valence-electron chi connectivity index (χ2n) is 5.40. The Kier molecular flexibility index (Phi) is 4.30. The lowest BCUT2D eigenvalue weighted by atomic mass is 9.97. The molecular weight excluding hydrogens is 350 g/mol. The third kappa shape index (κ3) is 2.68.